The van der Waals surface area contributed by atoms with Crippen molar-refractivity contribution in [3.8, 4) is 0 Å². The van der Waals surface area contributed by atoms with E-state index in [0.717, 1.165) is 34.7 Å². The van der Waals surface area contributed by atoms with Gasteiger partial charge in [-0.05, 0) is 41.3 Å². The summed E-state index contributed by atoms with van der Waals surface area (Å²) in [5.74, 6) is 2.13. The number of hydrogen-bond donors (Lipinski definition) is 0. The highest BCUT2D eigenvalue weighted by molar-refractivity contribution is 7.97. The van der Waals surface area contributed by atoms with E-state index in [2.05, 4.69) is 25.4 Å². The Morgan fingerprint density at radius 1 is 1.14 bits per heavy atom. The maximum atomic E-state index is 5.23. The first kappa shape index (κ1) is 14.0. The molecule has 0 unspecified atom stereocenters. The number of fused-ring (bicyclic) bond motifs is 1. The van der Waals surface area contributed by atoms with Crippen LogP contribution in [0.4, 0.5) is 0 Å². The predicted octanol–water partition coefficient (Wildman–Crippen LogP) is 2.10. The van der Waals surface area contributed by atoms with Crippen LogP contribution in [0.25, 0.3) is 11.0 Å². The first-order chi connectivity index (χ1) is 10.2. The summed E-state index contributed by atoms with van der Waals surface area (Å²) in [6.07, 6.45) is 2.01. The molecule has 0 aliphatic rings. The van der Waals surface area contributed by atoms with Gasteiger partial charge in [-0.2, -0.15) is 16.7 Å². The van der Waals surface area contributed by atoms with Crippen LogP contribution in [0.5, 0.6) is 0 Å². The van der Waals surface area contributed by atoms with Gasteiger partial charge in [0.15, 0.2) is 5.82 Å². The molecule has 21 heavy (non-hydrogen) atoms. The number of hydrogen-bond acceptors (Lipinski definition) is 8. The predicted molar refractivity (Wildman–Crippen MR) is 78.5 cm³/mol. The van der Waals surface area contributed by atoms with E-state index in [1.54, 1.807) is 11.8 Å². The molecular formula is C13H15N5O2S. The van der Waals surface area contributed by atoms with Crippen molar-refractivity contribution < 1.29 is 9.15 Å². The van der Waals surface area contributed by atoms with Crippen LogP contribution in [-0.4, -0.2) is 38.7 Å². The minimum absolute atomic E-state index is 0.608. The van der Waals surface area contributed by atoms with Gasteiger partial charge in [-0.15, -0.1) is 0 Å². The maximum Gasteiger partial charge on any atom is 0.240 e. The average molecular weight is 305 g/mol. The molecule has 0 N–H and O–H groups in total. The minimum atomic E-state index is 0.608. The van der Waals surface area contributed by atoms with E-state index in [9.17, 15) is 0 Å². The van der Waals surface area contributed by atoms with Crippen molar-refractivity contribution in [1.82, 2.24) is 25.4 Å². The van der Waals surface area contributed by atoms with Gasteiger partial charge in [0.1, 0.15) is 11.0 Å². The molecule has 0 aliphatic carbocycles. The summed E-state index contributed by atoms with van der Waals surface area (Å²) in [5, 5.41) is 11.6. The van der Waals surface area contributed by atoms with Crippen molar-refractivity contribution in [3.05, 3.63) is 35.5 Å². The zero-order valence-electron chi connectivity index (χ0n) is 11.8. The third kappa shape index (κ3) is 3.40. The second kappa shape index (κ2) is 6.23. The van der Waals surface area contributed by atoms with Gasteiger partial charge in [-0.25, -0.2) is 4.63 Å². The van der Waals surface area contributed by atoms with E-state index < -0.39 is 0 Å². The zero-order valence-corrected chi connectivity index (χ0v) is 12.6. The minimum Gasteiger partial charge on any atom is -0.338 e. The van der Waals surface area contributed by atoms with Crippen molar-refractivity contribution in [2.75, 3.05) is 13.3 Å². The normalized spacial score (nSPS) is 11.6. The monoisotopic (exact) mass is 305 g/mol. The Hall–Kier alpha value is -1.93. The van der Waals surface area contributed by atoms with Crippen LogP contribution in [0, 0.1) is 0 Å². The molecule has 0 aliphatic heterocycles. The molecule has 2 aromatic heterocycles. The Labute approximate surface area is 125 Å². The Balaban J connectivity index is 1.63. The molecule has 0 fully saturated rings. The van der Waals surface area contributed by atoms with E-state index in [-0.39, 0.29) is 0 Å². The van der Waals surface area contributed by atoms with Gasteiger partial charge in [0.25, 0.3) is 0 Å². The molecule has 3 rings (SSSR count). The Morgan fingerprint density at radius 2 is 2.00 bits per heavy atom. The molecule has 1 aromatic carbocycles. The second-order valence-corrected chi connectivity index (χ2v) is 5.66. The lowest BCUT2D eigenvalue weighted by molar-refractivity contribution is 0.260. The Morgan fingerprint density at radius 3 is 2.86 bits per heavy atom. The topological polar surface area (TPSA) is 81.1 Å². The van der Waals surface area contributed by atoms with Crippen LogP contribution in [0.2, 0.25) is 0 Å². The highest BCUT2D eigenvalue weighted by Gasteiger charge is 2.10. The third-order valence-electron chi connectivity index (χ3n) is 2.96. The van der Waals surface area contributed by atoms with Crippen LogP contribution >= 0.6 is 11.8 Å². The molecule has 2 heterocycles. The SMILES string of the molecule is CSCc1noc(CN(C)Cc2ccc3nonc3c2)n1. The average Bonchev–Trinajstić information content (AvgIpc) is 3.08. The Kier molecular flexibility index (Phi) is 4.16. The first-order valence-electron chi connectivity index (χ1n) is 6.45. The van der Waals surface area contributed by atoms with Crippen molar-refractivity contribution in [1.29, 1.82) is 0 Å². The lowest BCUT2D eigenvalue weighted by Crippen LogP contribution is -2.17. The molecule has 3 aromatic rings. The third-order valence-corrected chi connectivity index (χ3v) is 3.51. The molecule has 8 heteroatoms. The highest BCUT2D eigenvalue weighted by atomic mass is 32.2. The quantitative estimate of drug-likeness (QED) is 0.685. The largest absolute Gasteiger partial charge is 0.338 e. The van der Waals surface area contributed by atoms with Gasteiger partial charge in [0, 0.05) is 6.54 Å². The van der Waals surface area contributed by atoms with Crippen LogP contribution in [0.3, 0.4) is 0 Å². The summed E-state index contributed by atoms with van der Waals surface area (Å²) in [5.41, 5.74) is 2.66. The number of benzene rings is 1. The molecule has 110 valence electrons. The van der Waals surface area contributed by atoms with Gasteiger partial charge in [0.05, 0.1) is 12.3 Å². The molecule has 0 radical (unpaired) electrons. The fourth-order valence-corrected chi connectivity index (χ4v) is 2.44. The van der Waals surface area contributed by atoms with E-state index in [1.165, 1.54) is 0 Å². The summed E-state index contributed by atoms with van der Waals surface area (Å²) in [7, 11) is 2.00. The molecule has 0 atom stereocenters. The molecule has 0 saturated carbocycles. The highest BCUT2D eigenvalue weighted by Crippen LogP contribution is 2.14. The Bertz CT molecular complexity index is 726. The molecule has 0 amide bonds. The lowest BCUT2D eigenvalue weighted by atomic mass is 10.2. The van der Waals surface area contributed by atoms with Gasteiger partial charge in [-0.1, -0.05) is 11.2 Å². The molecule has 7 nitrogen and oxygen atoms in total. The van der Waals surface area contributed by atoms with Crippen molar-refractivity contribution in [3.63, 3.8) is 0 Å². The number of nitrogens with zero attached hydrogens (tertiary/aromatic N) is 5. The summed E-state index contributed by atoms with van der Waals surface area (Å²) in [6, 6.07) is 5.88. The fraction of sp³-hybridized carbons (Fsp3) is 0.385. The summed E-state index contributed by atoms with van der Waals surface area (Å²) in [6.45, 7) is 1.36. The summed E-state index contributed by atoms with van der Waals surface area (Å²) < 4.78 is 9.93. The van der Waals surface area contributed by atoms with Gasteiger partial charge in [0.2, 0.25) is 5.89 Å². The fourth-order valence-electron chi connectivity index (χ4n) is 2.07. The lowest BCUT2D eigenvalue weighted by Gasteiger charge is -2.13. The number of aromatic nitrogens is 4. The van der Waals surface area contributed by atoms with E-state index in [1.807, 2.05) is 31.5 Å². The van der Waals surface area contributed by atoms with Crippen molar-refractivity contribution in [2.24, 2.45) is 0 Å². The number of rotatable bonds is 6. The second-order valence-electron chi connectivity index (χ2n) is 4.80. The van der Waals surface area contributed by atoms with Gasteiger partial charge >= 0.3 is 0 Å². The van der Waals surface area contributed by atoms with Crippen molar-refractivity contribution >= 4 is 22.8 Å². The summed E-state index contributed by atoms with van der Waals surface area (Å²) in [4.78, 5) is 6.45. The van der Waals surface area contributed by atoms with Crippen molar-refractivity contribution in [2.45, 2.75) is 18.8 Å². The molecule has 0 saturated heterocycles. The zero-order chi connectivity index (χ0) is 14.7. The summed E-state index contributed by atoms with van der Waals surface area (Å²) >= 11 is 1.67. The van der Waals surface area contributed by atoms with E-state index >= 15 is 0 Å². The van der Waals surface area contributed by atoms with Crippen LogP contribution < -0.4 is 0 Å². The number of thioether (sulfide) groups is 1. The van der Waals surface area contributed by atoms with E-state index in [4.69, 9.17) is 9.15 Å². The van der Waals surface area contributed by atoms with Gasteiger partial charge in [-0.3, -0.25) is 4.90 Å². The van der Waals surface area contributed by atoms with Crippen LogP contribution in [-0.2, 0) is 18.8 Å². The molecular weight excluding hydrogens is 290 g/mol. The first-order valence-corrected chi connectivity index (χ1v) is 7.84. The smallest absolute Gasteiger partial charge is 0.240 e. The maximum absolute atomic E-state index is 5.23. The molecule has 0 spiro atoms. The van der Waals surface area contributed by atoms with Gasteiger partial charge < -0.3 is 4.52 Å². The standard InChI is InChI=1S/C13H15N5O2S/c1-18(7-13-14-12(8-21-2)17-19-13)6-9-3-4-10-11(5-9)16-20-15-10/h3-5H,6-8H2,1-2H3. The van der Waals surface area contributed by atoms with Crippen LogP contribution in [0.1, 0.15) is 17.3 Å². The van der Waals surface area contributed by atoms with E-state index in [0.29, 0.717) is 12.4 Å². The van der Waals surface area contributed by atoms with Crippen LogP contribution in [0.15, 0.2) is 27.4 Å². The molecule has 0 bridgehead atoms.